The number of hydrogen-bond donors (Lipinski definition) is 1. The summed E-state index contributed by atoms with van der Waals surface area (Å²) < 4.78 is 0. The van der Waals surface area contributed by atoms with E-state index < -0.39 is 0 Å². The van der Waals surface area contributed by atoms with Crippen LogP contribution in [-0.4, -0.2) is 5.91 Å². The minimum absolute atomic E-state index is 0.199. The van der Waals surface area contributed by atoms with Crippen LogP contribution < -0.4 is 5.73 Å². The molecule has 0 saturated heterocycles. The van der Waals surface area contributed by atoms with E-state index in [2.05, 4.69) is 11.8 Å². The topological polar surface area (TPSA) is 43.1 Å². The van der Waals surface area contributed by atoms with Gasteiger partial charge in [0.1, 0.15) is 0 Å². The predicted molar refractivity (Wildman–Crippen MR) is 62.0 cm³/mol. The smallest absolute Gasteiger partial charge is 0.217 e. The van der Waals surface area contributed by atoms with Gasteiger partial charge in [-0.2, -0.15) is 0 Å². The maximum atomic E-state index is 10.5. The van der Waals surface area contributed by atoms with Crippen LogP contribution in [0, 0.1) is 17.8 Å². The van der Waals surface area contributed by atoms with Gasteiger partial charge in [-0.25, -0.2) is 0 Å². The lowest BCUT2D eigenvalue weighted by Crippen LogP contribution is -2.09. The summed E-state index contributed by atoms with van der Waals surface area (Å²) in [6.45, 7) is 0. The molecule has 0 spiro atoms. The molecule has 84 valence electrons. The van der Waals surface area contributed by atoms with Crippen LogP contribution in [0.15, 0.2) is 0 Å². The highest BCUT2D eigenvalue weighted by atomic mass is 16.1. The van der Waals surface area contributed by atoms with Crippen molar-refractivity contribution in [2.75, 3.05) is 0 Å². The van der Waals surface area contributed by atoms with Crippen LogP contribution in [0.2, 0.25) is 0 Å². The first-order valence-electron chi connectivity index (χ1n) is 6.06. The van der Waals surface area contributed by atoms with E-state index in [1.165, 1.54) is 32.1 Å². The minimum atomic E-state index is -0.199. The summed E-state index contributed by atoms with van der Waals surface area (Å²) >= 11 is 0. The molecule has 1 amide bonds. The van der Waals surface area contributed by atoms with Gasteiger partial charge in [0.2, 0.25) is 5.91 Å². The van der Waals surface area contributed by atoms with Crippen LogP contribution in [0.4, 0.5) is 0 Å². The lowest BCUT2D eigenvalue weighted by molar-refractivity contribution is -0.118. The molecule has 2 nitrogen and oxygen atoms in total. The van der Waals surface area contributed by atoms with Gasteiger partial charge in [-0.3, -0.25) is 4.79 Å². The van der Waals surface area contributed by atoms with Gasteiger partial charge in [0, 0.05) is 18.8 Å². The predicted octanol–water partition coefficient (Wildman–Crippen LogP) is 2.62. The zero-order valence-electron chi connectivity index (χ0n) is 9.43. The van der Waals surface area contributed by atoms with Gasteiger partial charge >= 0.3 is 0 Å². The maximum absolute atomic E-state index is 10.5. The summed E-state index contributed by atoms with van der Waals surface area (Å²) in [6.07, 6.45) is 9.97. The first kappa shape index (κ1) is 12.1. The molecule has 15 heavy (non-hydrogen) atoms. The lowest BCUT2D eigenvalue weighted by Gasteiger charge is -2.15. The number of amides is 1. The molecular formula is C13H21NO. The zero-order valence-corrected chi connectivity index (χ0v) is 9.43. The van der Waals surface area contributed by atoms with Crippen molar-refractivity contribution in [1.29, 1.82) is 0 Å². The Hall–Kier alpha value is -0.970. The van der Waals surface area contributed by atoms with Crippen molar-refractivity contribution in [3.05, 3.63) is 0 Å². The van der Waals surface area contributed by atoms with Crippen molar-refractivity contribution in [2.24, 2.45) is 11.7 Å². The molecule has 1 fully saturated rings. The molecule has 0 aliphatic heterocycles. The molecule has 1 saturated carbocycles. The summed E-state index contributed by atoms with van der Waals surface area (Å²) in [5.41, 5.74) is 5.05. The monoisotopic (exact) mass is 207 g/mol. The third-order valence-corrected chi connectivity index (χ3v) is 2.89. The second kappa shape index (κ2) is 7.34. The number of carbonyl (C=O) groups is 1. The van der Waals surface area contributed by atoms with E-state index in [1.54, 1.807) is 0 Å². The van der Waals surface area contributed by atoms with Gasteiger partial charge in [-0.1, -0.05) is 25.2 Å². The SMILES string of the molecule is NC(=O)CCCCC#CC1CCCCC1. The average molecular weight is 207 g/mol. The minimum Gasteiger partial charge on any atom is -0.370 e. The van der Waals surface area contributed by atoms with E-state index in [9.17, 15) is 4.79 Å². The molecule has 0 atom stereocenters. The number of hydrogen-bond acceptors (Lipinski definition) is 1. The van der Waals surface area contributed by atoms with Crippen LogP contribution in [0.1, 0.15) is 57.8 Å². The quantitative estimate of drug-likeness (QED) is 0.559. The van der Waals surface area contributed by atoms with Crippen molar-refractivity contribution in [2.45, 2.75) is 57.8 Å². The van der Waals surface area contributed by atoms with Crippen LogP contribution in [-0.2, 0) is 4.79 Å². The highest BCUT2D eigenvalue weighted by molar-refractivity contribution is 5.73. The Morgan fingerprint density at radius 2 is 1.93 bits per heavy atom. The van der Waals surface area contributed by atoms with Crippen molar-refractivity contribution in [3.8, 4) is 11.8 Å². The third-order valence-electron chi connectivity index (χ3n) is 2.89. The van der Waals surface area contributed by atoms with Gasteiger partial charge < -0.3 is 5.73 Å². The second-order valence-corrected chi connectivity index (χ2v) is 4.33. The summed E-state index contributed by atoms with van der Waals surface area (Å²) in [7, 11) is 0. The fourth-order valence-electron chi connectivity index (χ4n) is 1.98. The van der Waals surface area contributed by atoms with E-state index in [0.29, 0.717) is 12.3 Å². The highest BCUT2D eigenvalue weighted by Crippen LogP contribution is 2.22. The molecule has 0 radical (unpaired) electrons. The number of rotatable bonds is 4. The first-order valence-corrected chi connectivity index (χ1v) is 6.06. The fraction of sp³-hybridized carbons (Fsp3) is 0.769. The number of unbranched alkanes of at least 4 members (excludes halogenated alkanes) is 2. The second-order valence-electron chi connectivity index (χ2n) is 4.33. The molecule has 0 bridgehead atoms. The normalized spacial score (nSPS) is 16.8. The number of carbonyl (C=O) groups excluding carboxylic acids is 1. The molecule has 0 aromatic rings. The molecular weight excluding hydrogens is 186 g/mol. The van der Waals surface area contributed by atoms with Crippen LogP contribution in [0.25, 0.3) is 0 Å². The van der Waals surface area contributed by atoms with E-state index in [1.807, 2.05) is 0 Å². The van der Waals surface area contributed by atoms with Crippen LogP contribution in [0.5, 0.6) is 0 Å². The molecule has 1 rings (SSSR count). The maximum Gasteiger partial charge on any atom is 0.217 e. The Balaban J connectivity index is 2.02. The zero-order chi connectivity index (χ0) is 10.9. The number of primary amides is 1. The molecule has 1 aliphatic carbocycles. The van der Waals surface area contributed by atoms with E-state index >= 15 is 0 Å². The molecule has 2 heteroatoms. The first-order chi connectivity index (χ1) is 7.29. The Morgan fingerprint density at radius 3 is 2.60 bits per heavy atom. The van der Waals surface area contributed by atoms with Crippen molar-refractivity contribution >= 4 is 5.91 Å². The standard InChI is InChI=1S/C13H21NO/c14-13(15)11-7-2-1-4-8-12-9-5-3-6-10-12/h12H,1-3,5-7,9-11H2,(H2,14,15). The third kappa shape index (κ3) is 6.17. The Labute approximate surface area is 92.6 Å². The summed E-state index contributed by atoms with van der Waals surface area (Å²) in [4.78, 5) is 10.5. The van der Waals surface area contributed by atoms with Gasteiger partial charge in [0.05, 0.1) is 0 Å². The Kier molecular flexibility index (Phi) is 5.92. The van der Waals surface area contributed by atoms with Gasteiger partial charge in [-0.05, 0) is 25.7 Å². The fourth-order valence-corrected chi connectivity index (χ4v) is 1.98. The van der Waals surface area contributed by atoms with Crippen molar-refractivity contribution in [1.82, 2.24) is 0 Å². The Morgan fingerprint density at radius 1 is 1.20 bits per heavy atom. The van der Waals surface area contributed by atoms with Crippen molar-refractivity contribution in [3.63, 3.8) is 0 Å². The van der Waals surface area contributed by atoms with Crippen molar-refractivity contribution < 1.29 is 4.79 Å². The van der Waals surface area contributed by atoms with E-state index in [0.717, 1.165) is 19.3 Å². The molecule has 2 N–H and O–H groups in total. The van der Waals surface area contributed by atoms with Crippen LogP contribution in [0.3, 0.4) is 0 Å². The Bertz CT molecular complexity index is 243. The van der Waals surface area contributed by atoms with Crippen LogP contribution >= 0.6 is 0 Å². The average Bonchev–Trinajstić information content (AvgIpc) is 2.24. The molecule has 0 aromatic heterocycles. The van der Waals surface area contributed by atoms with Gasteiger partial charge in [0.15, 0.2) is 0 Å². The van der Waals surface area contributed by atoms with E-state index in [4.69, 9.17) is 5.73 Å². The molecule has 0 unspecified atom stereocenters. The molecule has 0 heterocycles. The summed E-state index contributed by atoms with van der Waals surface area (Å²) in [5.74, 6) is 7.02. The number of nitrogens with two attached hydrogens (primary N) is 1. The highest BCUT2D eigenvalue weighted by Gasteiger charge is 2.09. The van der Waals surface area contributed by atoms with Gasteiger partial charge in [0.25, 0.3) is 0 Å². The molecule has 0 aromatic carbocycles. The lowest BCUT2D eigenvalue weighted by atomic mass is 9.90. The summed E-state index contributed by atoms with van der Waals surface area (Å²) in [6, 6.07) is 0. The largest absolute Gasteiger partial charge is 0.370 e. The van der Waals surface area contributed by atoms with Gasteiger partial charge in [-0.15, -0.1) is 5.92 Å². The summed E-state index contributed by atoms with van der Waals surface area (Å²) in [5, 5.41) is 0. The van der Waals surface area contributed by atoms with E-state index in [-0.39, 0.29) is 5.91 Å². The molecule has 1 aliphatic rings.